The van der Waals surface area contributed by atoms with Crippen LogP contribution in [0.25, 0.3) is 22.2 Å². The Morgan fingerprint density at radius 2 is 1.83 bits per heavy atom. The van der Waals surface area contributed by atoms with Crippen LogP contribution in [-0.2, 0) is 21.0 Å². The lowest BCUT2D eigenvalue weighted by atomic mass is 10.00. The minimum atomic E-state index is -3.42. The van der Waals surface area contributed by atoms with Crippen molar-refractivity contribution in [3.63, 3.8) is 0 Å². The molecule has 2 aromatic carbocycles. The number of aromatic amines is 1. The molecule has 0 radical (unpaired) electrons. The predicted molar refractivity (Wildman–Crippen MR) is 137 cm³/mol. The zero-order valence-electron chi connectivity index (χ0n) is 19.3. The van der Waals surface area contributed by atoms with Crippen molar-refractivity contribution in [3.05, 3.63) is 77.6 Å². The fraction of sp³-hybridized carbons (Fsp3) is 0.167. The average Bonchev–Trinajstić information content (AvgIpc) is 3.24. The Labute approximate surface area is 208 Å². The molecule has 1 unspecified atom stereocenters. The van der Waals surface area contributed by atoms with Gasteiger partial charge in [-0.2, -0.15) is 0 Å². The molecular weight excluding hydrogens is 510 g/mol. The normalized spacial score (nSPS) is 12.4. The van der Waals surface area contributed by atoms with E-state index in [1.165, 1.54) is 6.20 Å². The largest absolute Gasteiger partial charge is 0.345 e. The van der Waals surface area contributed by atoms with Crippen molar-refractivity contribution >= 4 is 49.2 Å². The molecule has 4 rings (SSSR count). The third kappa shape index (κ3) is 5.44. The number of benzene rings is 2. The van der Waals surface area contributed by atoms with Crippen LogP contribution in [-0.4, -0.2) is 40.4 Å². The van der Waals surface area contributed by atoms with Crippen LogP contribution in [0.5, 0.6) is 0 Å². The number of H-pyrrole nitrogens is 1. The quantitative estimate of drug-likeness (QED) is 0.272. The number of pyridine rings is 1. The number of aromatic nitrogens is 2. The molecule has 1 atom stereocenters. The van der Waals surface area contributed by atoms with Crippen molar-refractivity contribution in [2.45, 2.75) is 13.3 Å². The third-order valence-electron chi connectivity index (χ3n) is 5.23. The van der Waals surface area contributed by atoms with Gasteiger partial charge in [0.2, 0.25) is 15.8 Å². The van der Waals surface area contributed by atoms with Gasteiger partial charge in [-0.05, 0) is 42.3 Å². The number of sulfonamides is 1. The minimum Gasteiger partial charge on any atom is -0.345 e. The van der Waals surface area contributed by atoms with Crippen molar-refractivity contribution < 1.29 is 26.2 Å². The van der Waals surface area contributed by atoms with Gasteiger partial charge in [-0.1, -0.05) is 19.1 Å². The zero-order valence-corrected chi connectivity index (χ0v) is 20.9. The second-order valence-corrected chi connectivity index (χ2v) is 11.1. The Bertz CT molecular complexity index is 1590. The van der Waals surface area contributed by atoms with Crippen molar-refractivity contribution in [1.29, 1.82) is 0 Å². The Morgan fingerprint density at radius 1 is 1.11 bits per heavy atom. The Morgan fingerprint density at radius 3 is 2.50 bits per heavy atom. The summed E-state index contributed by atoms with van der Waals surface area (Å²) in [6, 6.07) is 10.2. The fourth-order valence-electron chi connectivity index (χ4n) is 3.63. The molecule has 0 bridgehead atoms. The number of anilines is 2. The van der Waals surface area contributed by atoms with Crippen molar-refractivity contribution in [1.82, 2.24) is 9.97 Å². The molecule has 4 aromatic rings. The second kappa shape index (κ2) is 10.2. The molecule has 8 nitrogen and oxygen atoms in total. The molecule has 0 aliphatic carbocycles. The molecule has 0 saturated heterocycles. The number of hydrogen-bond acceptors (Lipinski definition) is 5. The molecule has 0 aliphatic heterocycles. The fourth-order valence-corrected chi connectivity index (χ4v) is 5.07. The number of carbonyl (C=O) groups excluding carboxylic acids is 1. The van der Waals surface area contributed by atoms with Gasteiger partial charge in [-0.25, -0.2) is 26.4 Å². The van der Waals surface area contributed by atoms with Gasteiger partial charge in [-0.3, -0.25) is 9.52 Å². The first kappa shape index (κ1) is 25.5. The summed E-state index contributed by atoms with van der Waals surface area (Å²) in [5.41, 5.74) is 1.03. The molecule has 0 amide bonds. The van der Waals surface area contributed by atoms with Gasteiger partial charge >= 0.3 is 0 Å². The van der Waals surface area contributed by atoms with Gasteiger partial charge < -0.3 is 9.71 Å². The van der Waals surface area contributed by atoms with Gasteiger partial charge in [0, 0.05) is 40.3 Å². The van der Waals surface area contributed by atoms with Gasteiger partial charge in [0.05, 0.1) is 17.5 Å². The number of rotatable bonds is 9. The van der Waals surface area contributed by atoms with E-state index in [4.69, 9.17) is 0 Å². The van der Waals surface area contributed by atoms with E-state index in [-0.39, 0.29) is 17.0 Å². The van der Waals surface area contributed by atoms with Crippen LogP contribution in [0, 0.1) is 11.6 Å². The summed E-state index contributed by atoms with van der Waals surface area (Å²) in [6.45, 7) is 1.82. The van der Waals surface area contributed by atoms with E-state index in [0.29, 0.717) is 34.3 Å². The molecule has 0 saturated carbocycles. The molecule has 12 heteroatoms. The highest BCUT2D eigenvalue weighted by Gasteiger charge is 2.25. The summed E-state index contributed by atoms with van der Waals surface area (Å²) in [4.78, 5) is 20.4. The Balaban J connectivity index is 1.71. The van der Waals surface area contributed by atoms with Gasteiger partial charge in [0.15, 0.2) is 5.82 Å². The maximum atomic E-state index is 15.1. The first-order valence-electron chi connectivity index (χ1n) is 10.8. The van der Waals surface area contributed by atoms with Gasteiger partial charge in [-0.15, -0.1) is 0 Å². The van der Waals surface area contributed by atoms with E-state index in [9.17, 15) is 21.8 Å². The van der Waals surface area contributed by atoms with Crippen LogP contribution in [0.15, 0.2) is 54.9 Å². The van der Waals surface area contributed by atoms with Crippen LogP contribution in [0.3, 0.4) is 0 Å². The van der Waals surface area contributed by atoms with Gasteiger partial charge in [0.25, 0.3) is 0 Å². The molecule has 3 N–H and O–H groups in total. The SMILES string of the molecule is CCCS(=O)Nc1ccc(F)c(C(=O)c2c[nH]c3ncc(-c4ccc(NS(C)(=O)=O)cc4)cc23)c1F. The summed E-state index contributed by atoms with van der Waals surface area (Å²) < 4.78 is 69.4. The van der Waals surface area contributed by atoms with Crippen molar-refractivity contribution in [2.24, 2.45) is 0 Å². The zero-order chi connectivity index (χ0) is 26.0. The molecule has 0 fully saturated rings. The van der Waals surface area contributed by atoms with E-state index in [2.05, 4.69) is 19.4 Å². The maximum Gasteiger partial charge on any atom is 0.229 e. The molecular formula is C24H22F2N4O4S2. The van der Waals surface area contributed by atoms with Crippen LogP contribution in [0.1, 0.15) is 29.3 Å². The lowest BCUT2D eigenvalue weighted by Crippen LogP contribution is -2.13. The van der Waals surface area contributed by atoms with Crippen LogP contribution in [0.2, 0.25) is 0 Å². The molecule has 2 heterocycles. The summed E-state index contributed by atoms with van der Waals surface area (Å²) in [6.07, 6.45) is 4.53. The summed E-state index contributed by atoms with van der Waals surface area (Å²) in [5.74, 6) is -2.80. The van der Waals surface area contributed by atoms with Gasteiger partial charge in [0.1, 0.15) is 22.5 Å². The highest BCUT2D eigenvalue weighted by atomic mass is 32.2. The number of carbonyl (C=O) groups is 1. The highest BCUT2D eigenvalue weighted by Crippen LogP contribution is 2.30. The highest BCUT2D eigenvalue weighted by molar-refractivity contribution is 7.92. The van der Waals surface area contributed by atoms with Crippen molar-refractivity contribution in [3.8, 4) is 11.1 Å². The van der Waals surface area contributed by atoms with E-state index >= 15 is 4.39 Å². The van der Waals surface area contributed by atoms with Crippen LogP contribution >= 0.6 is 0 Å². The van der Waals surface area contributed by atoms with E-state index in [1.807, 2.05) is 6.92 Å². The third-order valence-corrected chi connectivity index (χ3v) is 7.06. The predicted octanol–water partition coefficient (Wildman–Crippen LogP) is 4.60. The number of halogens is 2. The first-order chi connectivity index (χ1) is 17.1. The van der Waals surface area contributed by atoms with E-state index in [0.717, 1.165) is 18.4 Å². The number of ketones is 1. The summed E-state index contributed by atoms with van der Waals surface area (Å²) in [5, 5.41) is 0.350. The molecule has 0 spiro atoms. The van der Waals surface area contributed by atoms with E-state index in [1.54, 1.807) is 36.5 Å². The Kier molecular flexibility index (Phi) is 7.18. The second-order valence-electron chi connectivity index (χ2n) is 8.04. The van der Waals surface area contributed by atoms with Crippen LogP contribution in [0.4, 0.5) is 20.2 Å². The van der Waals surface area contributed by atoms with Crippen molar-refractivity contribution in [2.75, 3.05) is 21.5 Å². The molecule has 2 aromatic heterocycles. The Hall–Kier alpha value is -3.64. The number of fused-ring (bicyclic) bond motifs is 1. The number of nitrogens with zero attached hydrogens (tertiary/aromatic N) is 1. The lowest BCUT2D eigenvalue weighted by molar-refractivity contribution is 0.103. The summed E-state index contributed by atoms with van der Waals surface area (Å²) in [7, 11) is -5.00. The lowest BCUT2D eigenvalue weighted by Gasteiger charge is -2.10. The molecule has 188 valence electrons. The maximum absolute atomic E-state index is 15.1. The number of nitrogens with one attached hydrogen (secondary N) is 3. The minimum absolute atomic E-state index is 0.0133. The average molecular weight is 533 g/mol. The number of hydrogen-bond donors (Lipinski definition) is 3. The smallest absolute Gasteiger partial charge is 0.229 e. The monoisotopic (exact) mass is 532 g/mol. The molecule has 0 aliphatic rings. The van der Waals surface area contributed by atoms with E-state index < -0.39 is 44.0 Å². The summed E-state index contributed by atoms with van der Waals surface area (Å²) >= 11 is 0. The topological polar surface area (TPSA) is 121 Å². The van der Waals surface area contributed by atoms with Crippen LogP contribution < -0.4 is 9.44 Å². The first-order valence-corrected chi connectivity index (χ1v) is 14.0. The molecule has 36 heavy (non-hydrogen) atoms. The standard InChI is InChI=1S/C24H22F2N4O4S2/c1-3-10-35(32)29-20-9-8-19(25)21(22(20)26)23(31)18-13-28-24-17(18)11-15(12-27-24)14-4-6-16(7-5-14)30-36(2,33)34/h4-9,11-13,29-30H,3,10H2,1-2H3,(H,27,28).